The van der Waals surface area contributed by atoms with Crippen molar-refractivity contribution in [3.8, 4) is 5.75 Å². The number of amides is 4. The number of phenols is 1. The monoisotopic (exact) mass is 724 g/mol. The van der Waals surface area contributed by atoms with Crippen LogP contribution >= 0.6 is 11.8 Å². The molecule has 2 rings (SSSR count). The van der Waals surface area contributed by atoms with Gasteiger partial charge in [0.1, 0.15) is 23.9 Å². The van der Waals surface area contributed by atoms with Gasteiger partial charge in [-0.25, -0.2) is 0 Å². The fourth-order valence-corrected chi connectivity index (χ4v) is 6.56. The first kappa shape index (κ1) is 43.6. The van der Waals surface area contributed by atoms with E-state index >= 15 is 0 Å². The molecular formula is C41H64N4O5S. The molecule has 2 aromatic carbocycles. The molecule has 51 heavy (non-hydrogen) atoms. The number of hydrogen-bond acceptors (Lipinski definition) is 6. The van der Waals surface area contributed by atoms with Crippen molar-refractivity contribution in [3.05, 3.63) is 65.7 Å². The Morgan fingerprint density at radius 1 is 0.608 bits per heavy atom. The first-order chi connectivity index (χ1) is 24.7. The molecule has 10 heteroatoms. The number of rotatable bonds is 28. The quantitative estimate of drug-likeness (QED) is 0.0600. The highest BCUT2D eigenvalue weighted by Crippen LogP contribution is 2.14. The third kappa shape index (κ3) is 20.2. The zero-order chi connectivity index (χ0) is 37.1. The molecule has 0 aromatic heterocycles. The van der Waals surface area contributed by atoms with Crippen LogP contribution in [0.1, 0.15) is 121 Å². The van der Waals surface area contributed by atoms with Crippen molar-refractivity contribution in [2.45, 2.75) is 141 Å². The summed E-state index contributed by atoms with van der Waals surface area (Å²) in [5.41, 5.74) is 1.58. The molecule has 4 amide bonds. The molecule has 0 bridgehead atoms. The minimum atomic E-state index is -0.980. The van der Waals surface area contributed by atoms with Crippen LogP contribution in [-0.2, 0) is 32.0 Å². The van der Waals surface area contributed by atoms with Gasteiger partial charge in [-0.05, 0) is 48.1 Å². The molecule has 0 fully saturated rings. The van der Waals surface area contributed by atoms with Crippen LogP contribution in [0.2, 0.25) is 0 Å². The number of hydrogen-bond donors (Lipinski definition) is 5. The molecule has 0 aliphatic heterocycles. The Kier molecular flexibility index (Phi) is 23.2. The van der Waals surface area contributed by atoms with E-state index in [-0.39, 0.29) is 30.4 Å². The van der Waals surface area contributed by atoms with Gasteiger partial charge < -0.3 is 26.4 Å². The summed E-state index contributed by atoms with van der Waals surface area (Å²) in [4.78, 5) is 52.7. The molecular weight excluding hydrogens is 661 g/mol. The SMILES string of the molecule is CCCCCCCCCCCCCCCCNC(=O)[C@H](CCSC)NC(=O)[C@H](Cc1ccccc1)NC(=O)[C@H](Cc1ccc(O)cc1)NC(C)=O. The van der Waals surface area contributed by atoms with E-state index in [0.29, 0.717) is 18.7 Å². The number of aromatic hydroxyl groups is 1. The summed E-state index contributed by atoms with van der Waals surface area (Å²) in [5, 5.41) is 21.1. The minimum absolute atomic E-state index is 0.0959. The van der Waals surface area contributed by atoms with E-state index in [1.165, 1.54) is 89.7 Å². The topological polar surface area (TPSA) is 137 Å². The van der Waals surface area contributed by atoms with E-state index in [1.807, 2.05) is 36.6 Å². The molecule has 0 saturated heterocycles. The fraction of sp³-hybridized carbons (Fsp3) is 0.610. The smallest absolute Gasteiger partial charge is 0.243 e. The van der Waals surface area contributed by atoms with E-state index in [0.717, 1.165) is 30.4 Å². The van der Waals surface area contributed by atoms with Gasteiger partial charge in [-0.15, -0.1) is 0 Å². The van der Waals surface area contributed by atoms with Gasteiger partial charge in [0, 0.05) is 26.3 Å². The lowest BCUT2D eigenvalue weighted by Gasteiger charge is -2.25. The van der Waals surface area contributed by atoms with Crippen LogP contribution in [-0.4, -0.2) is 65.4 Å². The van der Waals surface area contributed by atoms with Gasteiger partial charge in [0.25, 0.3) is 0 Å². The average Bonchev–Trinajstić information content (AvgIpc) is 3.12. The van der Waals surface area contributed by atoms with E-state index < -0.39 is 29.9 Å². The van der Waals surface area contributed by atoms with Crippen LogP contribution < -0.4 is 21.3 Å². The molecule has 0 spiro atoms. The molecule has 9 nitrogen and oxygen atoms in total. The Bertz CT molecular complexity index is 1260. The van der Waals surface area contributed by atoms with Crippen molar-refractivity contribution in [1.82, 2.24) is 21.3 Å². The molecule has 5 N–H and O–H groups in total. The van der Waals surface area contributed by atoms with Gasteiger partial charge in [0.2, 0.25) is 23.6 Å². The second-order valence-electron chi connectivity index (χ2n) is 13.6. The van der Waals surface area contributed by atoms with Gasteiger partial charge in [-0.2, -0.15) is 11.8 Å². The summed E-state index contributed by atoms with van der Waals surface area (Å²) in [6.45, 7) is 4.15. The Balaban J connectivity index is 1.90. The third-order valence-corrected chi connectivity index (χ3v) is 9.70. The maximum absolute atomic E-state index is 13.8. The number of phenolic OH excluding ortho intramolecular Hbond substituents is 1. The van der Waals surface area contributed by atoms with Crippen molar-refractivity contribution in [3.63, 3.8) is 0 Å². The van der Waals surface area contributed by atoms with Crippen molar-refractivity contribution >= 4 is 35.4 Å². The minimum Gasteiger partial charge on any atom is -0.508 e. The second kappa shape index (κ2) is 27.2. The zero-order valence-corrected chi connectivity index (χ0v) is 32.2. The van der Waals surface area contributed by atoms with Gasteiger partial charge >= 0.3 is 0 Å². The third-order valence-electron chi connectivity index (χ3n) is 9.06. The maximum atomic E-state index is 13.8. The van der Waals surface area contributed by atoms with Crippen molar-refractivity contribution in [1.29, 1.82) is 0 Å². The van der Waals surface area contributed by atoms with E-state index in [9.17, 15) is 24.3 Å². The molecule has 0 unspecified atom stereocenters. The van der Waals surface area contributed by atoms with E-state index in [1.54, 1.807) is 23.9 Å². The first-order valence-electron chi connectivity index (χ1n) is 19.2. The highest BCUT2D eigenvalue weighted by molar-refractivity contribution is 7.98. The standard InChI is InChI=1S/C41H64N4O5S/c1-4-5-6-7-8-9-10-11-12-13-14-15-16-20-28-42-39(48)36(27-29-51-3)44-41(50)38(30-33-21-18-17-19-22-33)45-40(49)37(43-32(2)46)31-34-23-25-35(47)26-24-34/h17-19,21-26,36-38,47H,4-16,20,27-31H2,1-3H3,(H,42,48)(H,43,46)(H,44,50)(H,45,49)/t36-,37-,38-/m0/s1. The summed E-state index contributed by atoms with van der Waals surface area (Å²) in [5.74, 6) is -0.803. The highest BCUT2D eigenvalue weighted by atomic mass is 32.2. The Labute approximate surface area is 311 Å². The largest absolute Gasteiger partial charge is 0.508 e. The molecule has 3 atom stereocenters. The normalized spacial score (nSPS) is 12.8. The molecule has 2 aromatic rings. The van der Waals surface area contributed by atoms with Gasteiger partial charge in [0.05, 0.1) is 0 Å². The van der Waals surface area contributed by atoms with Crippen molar-refractivity contribution in [2.75, 3.05) is 18.6 Å². The Morgan fingerprint density at radius 3 is 1.59 bits per heavy atom. The fourth-order valence-electron chi connectivity index (χ4n) is 6.08. The Hall–Kier alpha value is -3.53. The first-order valence-corrected chi connectivity index (χ1v) is 20.6. The van der Waals surface area contributed by atoms with Gasteiger partial charge in [0.15, 0.2) is 0 Å². The summed E-state index contributed by atoms with van der Waals surface area (Å²) in [7, 11) is 0. The van der Waals surface area contributed by atoms with Crippen molar-refractivity contribution in [2.24, 2.45) is 0 Å². The highest BCUT2D eigenvalue weighted by Gasteiger charge is 2.29. The number of unbranched alkanes of at least 4 members (excludes halogenated alkanes) is 13. The van der Waals surface area contributed by atoms with Crippen LogP contribution in [0, 0.1) is 0 Å². The van der Waals surface area contributed by atoms with Gasteiger partial charge in [-0.3, -0.25) is 19.2 Å². The van der Waals surface area contributed by atoms with E-state index in [4.69, 9.17) is 0 Å². The number of thioether (sulfide) groups is 1. The average molecular weight is 725 g/mol. The summed E-state index contributed by atoms with van der Waals surface area (Å²) in [6, 6.07) is 13.1. The molecule has 284 valence electrons. The number of benzene rings is 2. The van der Waals surface area contributed by atoms with Crippen LogP contribution in [0.3, 0.4) is 0 Å². The number of carbonyl (C=O) groups excluding carboxylic acids is 4. The molecule has 0 heterocycles. The van der Waals surface area contributed by atoms with Crippen LogP contribution in [0.4, 0.5) is 0 Å². The van der Waals surface area contributed by atoms with E-state index in [2.05, 4.69) is 28.2 Å². The lowest BCUT2D eigenvalue weighted by molar-refractivity contribution is -0.133. The predicted octanol–water partition coefficient (Wildman–Crippen LogP) is 7.00. The van der Waals surface area contributed by atoms with Crippen LogP contribution in [0.15, 0.2) is 54.6 Å². The lowest BCUT2D eigenvalue weighted by Crippen LogP contribution is -2.57. The van der Waals surface area contributed by atoms with Crippen LogP contribution in [0.25, 0.3) is 0 Å². The summed E-state index contributed by atoms with van der Waals surface area (Å²) >= 11 is 1.60. The lowest BCUT2D eigenvalue weighted by atomic mass is 10.0. The molecule has 0 aliphatic rings. The second-order valence-corrected chi connectivity index (χ2v) is 14.6. The Morgan fingerprint density at radius 2 is 1.08 bits per heavy atom. The summed E-state index contributed by atoms with van der Waals surface area (Å²) in [6.07, 6.45) is 20.6. The molecule has 0 radical (unpaired) electrons. The number of carbonyl (C=O) groups is 4. The summed E-state index contributed by atoms with van der Waals surface area (Å²) < 4.78 is 0. The van der Waals surface area contributed by atoms with Crippen LogP contribution in [0.5, 0.6) is 5.75 Å². The maximum Gasteiger partial charge on any atom is 0.243 e. The van der Waals surface area contributed by atoms with Crippen molar-refractivity contribution < 1.29 is 24.3 Å². The van der Waals surface area contributed by atoms with Gasteiger partial charge in [-0.1, -0.05) is 133 Å². The molecule has 0 saturated carbocycles. The predicted molar refractivity (Wildman–Crippen MR) is 210 cm³/mol. The zero-order valence-electron chi connectivity index (χ0n) is 31.4. The molecule has 0 aliphatic carbocycles. The number of nitrogens with one attached hydrogen (secondary N) is 4.